The van der Waals surface area contributed by atoms with E-state index in [0.717, 1.165) is 16.8 Å². The van der Waals surface area contributed by atoms with Crippen LogP contribution >= 0.6 is 0 Å². The zero-order valence-electron chi connectivity index (χ0n) is 7.09. The Morgan fingerprint density at radius 3 is 2.92 bits per heavy atom. The van der Waals surface area contributed by atoms with Crippen molar-refractivity contribution in [1.29, 1.82) is 0 Å². The van der Waals surface area contributed by atoms with Crippen LogP contribution in [0.4, 0.5) is 5.69 Å². The van der Waals surface area contributed by atoms with Crippen molar-refractivity contribution in [3.8, 4) is 0 Å². The van der Waals surface area contributed by atoms with Gasteiger partial charge in [0.25, 0.3) is 0 Å². The maximum atomic E-state index is 11.2. The van der Waals surface area contributed by atoms with Crippen molar-refractivity contribution < 1.29 is 4.79 Å². The SMILES string of the molecule is Cc1ccc2c(c1)[C]C(=O)N2C. The lowest BCUT2D eigenvalue weighted by molar-refractivity contribution is -0.114. The molecule has 0 saturated carbocycles. The molecule has 0 fully saturated rings. The third-order valence-electron chi connectivity index (χ3n) is 2.06. The number of carbonyl (C=O) groups is 1. The summed E-state index contributed by atoms with van der Waals surface area (Å²) in [4.78, 5) is 12.8. The van der Waals surface area contributed by atoms with Gasteiger partial charge in [-0.25, -0.2) is 0 Å². The minimum Gasteiger partial charge on any atom is -0.314 e. The Bertz CT molecular complexity index is 344. The standard InChI is InChI=1S/C10H9NO/c1-7-3-4-9-8(5-7)6-10(12)11(9)2/h3-5H,1-2H3. The lowest BCUT2D eigenvalue weighted by Gasteiger charge is -2.09. The third kappa shape index (κ3) is 0.916. The molecule has 1 aromatic carbocycles. The van der Waals surface area contributed by atoms with Crippen molar-refractivity contribution in [2.24, 2.45) is 0 Å². The van der Waals surface area contributed by atoms with E-state index in [9.17, 15) is 4.79 Å². The van der Waals surface area contributed by atoms with Crippen LogP contribution < -0.4 is 4.90 Å². The molecule has 0 N–H and O–H groups in total. The van der Waals surface area contributed by atoms with Gasteiger partial charge >= 0.3 is 0 Å². The second kappa shape index (κ2) is 2.34. The second-order valence-electron chi connectivity index (χ2n) is 3.01. The summed E-state index contributed by atoms with van der Waals surface area (Å²) in [5, 5.41) is 0. The molecule has 1 aliphatic heterocycles. The van der Waals surface area contributed by atoms with Gasteiger partial charge in [-0.15, -0.1) is 0 Å². The maximum absolute atomic E-state index is 11.2. The summed E-state index contributed by atoms with van der Waals surface area (Å²) in [6.45, 7) is 2.00. The highest BCUT2D eigenvalue weighted by Crippen LogP contribution is 2.29. The van der Waals surface area contributed by atoms with Gasteiger partial charge in [0.15, 0.2) is 0 Å². The van der Waals surface area contributed by atoms with Crippen molar-refractivity contribution in [3.63, 3.8) is 0 Å². The van der Waals surface area contributed by atoms with E-state index < -0.39 is 0 Å². The van der Waals surface area contributed by atoms with Crippen LogP contribution in [0.15, 0.2) is 18.2 Å². The molecule has 2 heteroatoms. The van der Waals surface area contributed by atoms with Crippen molar-refractivity contribution in [2.45, 2.75) is 6.92 Å². The molecule has 60 valence electrons. The summed E-state index contributed by atoms with van der Waals surface area (Å²) in [6, 6.07) is 5.91. The number of aryl methyl sites for hydroxylation is 1. The number of amides is 1. The van der Waals surface area contributed by atoms with Gasteiger partial charge in [0.1, 0.15) is 6.42 Å². The highest BCUT2D eigenvalue weighted by molar-refractivity contribution is 6.08. The topological polar surface area (TPSA) is 20.3 Å². The Balaban J connectivity index is 2.54. The van der Waals surface area contributed by atoms with Crippen LogP contribution in [0.25, 0.3) is 0 Å². The van der Waals surface area contributed by atoms with Crippen molar-refractivity contribution in [2.75, 3.05) is 11.9 Å². The van der Waals surface area contributed by atoms with E-state index in [0.29, 0.717) is 0 Å². The van der Waals surface area contributed by atoms with Crippen LogP contribution in [0.5, 0.6) is 0 Å². The molecule has 2 rings (SSSR count). The Morgan fingerprint density at radius 1 is 1.42 bits per heavy atom. The van der Waals surface area contributed by atoms with Gasteiger partial charge in [0, 0.05) is 12.7 Å². The quantitative estimate of drug-likeness (QED) is 0.560. The predicted molar refractivity (Wildman–Crippen MR) is 46.9 cm³/mol. The third-order valence-corrected chi connectivity index (χ3v) is 2.06. The first-order chi connectivity index (χ1) is 5.68. The molecule has 1 aromatic rings. The Kier molecular flexibility index (Phi) is 1.43. The molecule has 0 atom stereocenters. The Labute approximate surface area is 71.8 Å². The Morgan fingerprint density at radius 2 is 2.17 bits per heavy atom. The summed E-state index contributed by atoms with van der Waals surface area (Å²) >= 11 is 0. The number of benzene rings is 1. The van der Waals surface area contributed by atoms with Crippen LogP contribution in [-0.2, 0) is 4.79 Å². The summed E-state index contributed by atoms with van der Waals surface area (Å²) in [5.41, 5.74) is 3.01. The normalized spacial score (nSPS) is 15.2. The van der Waals surface area contributed by atoms with Gasteiger partial charge < -0.3 is 4.90 Å². The van der Waals surface area contributed by atoms with E-state index >= 15 is 0 Å². The molecular weight excluding hydrogens is 150 g/mol. The lowest BCUT2D eigenvalue weighted by atomic mass is 10.1. The van der Waals surface area contributed by atoms with Gasteiger partial charge in [0.2, 0.25) is 5.91 Å². The molecule has 2 nitrogen and oxygen atoms in total. The number of rotatable bonds is 0. The first kappa shape index (κ1) is 7.35. The van der Waals surface area contributed by atoms with Gasteiger partial charge in [0.05, 0.1) is 0 Å². The average Bonchev–Trinajstić information content (AvgIpc) is 2.28. The molecule has 0 aliphatic carbocycles. The number of nitrogens with zero attached hydrogens (tertiary/aromatic N) is 1. The van der Waals surface area contributed by atoms with Gasteiger partial charge in [-0.2, -0.15) is 0 Å². The van der Waals surface area contributed by atoms with E-state index in [1.807, 2.05) is 25.1 Å². The highest BCUT2D eigenvalue weighted by Gasteiger charge is 2.24. The van der Waals surface area contributed by atoms with Crippen molar-refractivity contribution >= 4 is 11.6 Å². The summed E-state index contributed by atoms with van der Waals surface area (Å²) in [5.74, 6) is -0.0596. The summed E-state index contributed by atoms with van der Waals surface area (Å²) in [6.07, 6.45) is 2.77. The molecular formula is C10H9NO. The van der Waals surface area contributed by atoms with Crippen LogP contribution in [0.2, 0.25) is 0 Å². The summed E-state index contributed by atoms with van der Waals surface area (Å²) < 4.78 is 0. The zero-order valence-corrected chi connectivity index (χ0v) is 7.09. The fraction of sp³-hybridized carbons (Fsp3) is 0.200. The number of fused-ring (bicyclic) bond motifs is 1. The van der Waals surface area contributed by atoms with Crippen molar-refractivity contribution in [1.82, 2.24) is 0 Å². The van der Waals surface area contributed by atoms with E-state index in [4.69, 9.17) is 0 Å². The zero-order chi connectivity index (χ0) is 8.72. The first-order valence-electron chi connectivity index (χ1n) is 3.84. The molecule has 1 heterocycles. The van der Waals surface area contributed by atoms with E-state index in [1.54, 1.807) is 11.9 Å². The van der Waals surface area contributed by atoms with E-state index in [2.05, 4.69) is 6.42 Å². The van der Waals surface area contributed by atoms with Crippen LogP contribution in [0, 0.1) is 13.3 Å². The Hall–Kier alpha value is -1.31. The molecule has 1 aliphatic rings. The van der Waals surface area contributed by atoms with Crippen LogP contribution in [-0.4, -0.2) is 13.0 Å². The molecule has 0 bridgehead atoms. The van der Waals surface area contributed by atoms with Crippen molar-refractivity contribution in [3.05, 3.63) is 35.7 Å². The van der Waals surface area contributed by atoms with E-state index in [1.165, 1.54) is 0 Å². The largest absolute Gasteiger partial charge is 0.314 e. The molecule has 0 aromatic heterocycles. The molecule has 0 spiro atoms. The van der Waals surface area contributed by atoms with Gasteiger partial charge in [-0.05, 0) is 18.6 Å². The molecule has 0 unspecified atom stereocenters. The number of anilines is 1. The minimum absolute atomic E-state index is 0.0596. The van der Waals surface area contributed by atoms with Crippen LogP contribution in [0.3, 0.4) is 0 Å². The van der Waals surface area contributed by atoms with E-state index in [-0.39, 0.29) is 5.91 Å². The lowest BCUT2D eigenvalue weighted by Crippen LogP contribution is -2.19. The fourth-order valence-electron chi connectivity index (χ4n) is 1.35. The molecule has 0 saturated heterocycles. The monoisotopic (exact) mass is 159 g/mol. The maximum Gasteiger partial charge on any atom is 0.240 e. The average molecular weight is 159 g/mol. The number of likely N-dealkylation sites (N-methyl/N-ethyl adjacent to an activating group) is 1. The number of hydrogen-bond donors (Lipinski definition) is 0. The smallest absolute Gasteiger partial charge is 0.240 e. The summed E-state index contributed by atoms with van der Waals surface area (Å²) in [7, 11) is 1.76. The minimum atomic E-state index is -0.0596. The second-order valence-corrected chi connectivity index (χ2v) is 3.01. The molecule has 2 radical (unpaired) electrons. The van der Waals surface area contributed by atoms with Gasteiger partial charge in [-0.1, -0.05) is 17.7 Å². The highest BCUT2D eigenvalue weighted by atomic mass is 16.2. The van der Waals surface area contributed by atoms with Gasteiger partial charge in [-0.3, -0.25) is 4.79 Å². The predicted octanol–water partition coefficient (Wildman–Crippen LogP) is 1.40. The van der Waals surface area contributed by atoms with Crippen LogP contribution in [0.1, 0.15) is 11.1 Å². The number of carbonyl (C=O) groups excluding carboxylic acids is 1. The first-order valence-corrected chi connectivity index (χ1v) is 3.84. The molecule has 12 heavy (non-hydrogen) atoms. The fourth-order valence-corrected chi connectivity index (χ4v) is 1.35. The molecule has 1 amide bonds. The number of hydrogen-bond acceptors (Lipinski definition) is 1.